The zero-order valence-electron chi connectivity index (χ0n) is 9.18. The lowest BCUT2D eigenvalue weighted by Crippen LogP contribution is -2.29. The Morgan fingerprint density at radius 2 is 2.25 bits per heavy atom. The number of hydrogen-bond acceptors (Lipinski definition) is 4. The number of nitrogens with two attached hydrogens (primary N) is 1. The van der Waals surface area contributed by atoms with Gasteiger partial charge < -0.3 is 0 Å². The molecule has 0 amide bonds. The van der Waals surface area contributed by atoms with Crippen LogP contribution in [0, 0.1) is 6.92 Å². The second-order valence-electron chi connectivity index (χ2n) is 3.75. The van der Waals surface area contributed by atoms with Crippen molar-refractivity contribution in [3.05, 3.63) is 52.0 Å². The van der Waals surface area contributed by atoms with Gasteiger partial charge in [-0.15, -0.1) is 11.3 Å². The fourth-order valence-electron chi connectivity index (χ4n) is 1.78. The van der Waals surface area contributed by atoms with Gasteiger partial charge in [0.05, 0.1) is 11.6 Å². The summed E-state index contributed by atoms with van der Waals surface area (Å²) in [4.78, 5) is 5.32. The minimum atomic E-state index is 0.154. The molecule has 2 aromatic rings. The molecule has 3 nitrogen and oxygen atoms in total. The van der Waals surface area contributed by atoms with Crippen molar-refractivity contribution in [2.24, 2.45) is 5.84 Å². The molecule has 0 radical (unpaired) electrons. The predicted octanol–water partition coefficient (Wildman–Crippen LogP) is 2.20. The van der Waals surface area contributed by atoms with E-state index in [4.69, 9.17) is 5.84 Å². The molecule has 1 unspecified atom stereocenters. The number of thiazole rings is 1. The van der Waals surface area contributed by atoms with E-state index >= 15 is 0 Å². The molecule has 0 aliphatic carbocycles. The molecule has 0 bridgehead atoms. The lowest BCUT2D eigenvalue weighted by molar-refractivity contribution is 0.552. The first-order chi connectivity index (χ1) is 7.81. The maximum absolute atomic E-state index is 5.62. The largest absolute Gasteiger partial charge is 0.271 e. The summed E-state index contributed by atoms with van der Waals surface area (Å²) in [6, 6.07) is 8.45. The summed E-state index contributed by atoms with van der Waals surface area (Å²) in [5.74, 6) is 5.62. The zero-order valence-corrected chi connectivity index (χ0v) is 10.00. The normalized spacial score (nSPS) is 12.6. The number of aryl methyl sites for hydroxylation is 1. The Bertz CT molecular complexity index is 439. The lowest BCUT2D eigenvalue weighted by atomic mass is 9.99. The fourth-order valence-corrected chi connectivity index (χ4v) is 2.42. The van der Waals surface area contributed by atoms with Crippen LogP contribution in [0.15, 0.2) is 36.0 Å². The molecule has 2 rings (SSSR count). The molecular weight excluding hydrogens is 218 g/mol. The van der Waals surface area contributed by atoms with Gasteiger partial charge in [0.15, 0.2) is 0 Å². The molecule has 3 N–H and O–H groups in total. The van der Waals surface area contributed by atoms with Crippen molar-refractivity contribution < 1.29 is 0 Å². The molecule has 0 aliphatic heterocycles. The average Bonchev–Trinajstić information content (AvgIpc) is 2.80. The van der Waals surface area contributed by atoms with Crippen LogP contribution in [-0.2, 0) is 6.42 Å². The molecule has 0 spiro atoms. The zero-order chi connectivity index (χ0) is 11.4. The van der Waals surface area contributed by atoms with E-state index in [0.717, 1.165) is 6.42 Å². The number of hydrogen-bond donors (Lipinski definition) is 2. The molecule has 0 fully saturated rings. The van der Waals surface area contributed by atoms with E-state index in [-0.39, 0.29) is 6.04 Å². The third-order valence-electron chi connectivity index (χ3n) is 2.65. The van der Waals surface area contributed by atoms with Gasteiger partial charge in [-0.1, -0.05) is 24.3 Å². The molecule has 0 aliphatic rings. The Morgan fingerprint density at radius 1 is 1.44 bits per heavy atom. The molecular formula is C12H15N3S. The standard InChI is InChI=1S/C12H15N3S/c1-9-4-2-3-5-11(9)12(15-13)6-10-7-14-8-16-10/h2-5,7-8,12,15H,6,13H2,1H3. The number of nitrogens with one attached hydrogen (secondary N) is 1. The first-order valence-corrected chi connectivity index (χ1v) is 6.08. The summed E-state index contributed by atoms with van der Waals surface area (Å²) in [7, 11) is 0. The minimum Gasteiger partial charge on any atom is -0.271 e. The summed E-state index contributed by atoms with van der Waals surface area (Å²) in [6.07, 6.45) is 2.78. The van der Waals surface area contributed by atoms with Gasteiger partial charge >= 0.3 is 0 Å². The Morgan fingerprint density at radius 3 is 2.88 bits per heavy atom. The van der Waals surface area contributed by atoms with E-state index in [1.54, 1.807) is 11.3 Å². The van der Waals surface area contributed by atoms with Crippen molar-refractivity contribution in [1.82, 2.24) is 10.4 Å². The molecule has 1 atom stereocenters. The monoisotopic (exact) mass is 233 g/mol. The summed E-state index contributed by atoms with van der Waals surface area (Å²) in [6.45, 7) is 2.10. The quantitative estimate of drug-likeness (QED) is 0.629. The number of nitrogens with zero attached hydrogens (tertiary/aromatic N) is 1. The molecule has 1 aromatic carbocycles. The second-order valence-corrected chi connectivity index (χ2v) is 4.72. The van der Waals surface area contributed by atoms with Gasteiger partial charge in [-0.05, 0) is 18.1 Å². The Balaban J connectivity index is 2.20. The SMILES string of the molecule is Cc1ccccc1C(Cc1cncs1)NN. The molecule has 4 heteroatoms. The molecule has 1 heterocycles. The van der Waals surface area contributed by atoms with E-state index in [1.807, 2.05) is 23.8 Å². The van der Waals surface area contributed by atoms with Crippen LogP contribution in [0.2, 0.25) is 0 Å². The Labute approximate surface area is 99.3 Å². The average molecular weight is 233 g/mol. The smallest absolute Gasteiger partial charge is 0.0794 e. The third kappa shape index (κ3) is 2.47. The van der Waals surface area contributed by atoms with E-state index in [2.05, 4.69) is 29.5 Å². The van der Waals surface area contributed by atoms with Gasteiger partial charge in [0, 0.05) is 17.5 Å². The summed E-state index contributed by atoms with van der Waals surface area (Å²) < 4.78 is 0. The van der Waals surface area contributed by atoms with Crippen LogP contribution >= 0.6 is 11.3 Å². The van der Waals surface area contributed by atoms with Gasteiger partial charge in [0.25, 0.3) is 0 Å². The highest BCUT2D eigenvalue weighted by molar-refractivity contribution is 7.09. The van der Waals surface area contributed by atoms with Gasteiger partial charge in [0.1, 0.15) is 0 Å². The van der Waals surface area contributed by atoms with E-state index in [0.29, 0.717) is 0 Å². The van der Waals surface area contributed by atoms with Gasteiger partial charge in [-0.3, -0.25) is 16.3 Å². The van der Waals surface area contributed by atoms with Crippen molar-refractivity contribution in [3.8, 4) is 0 Å². The summed E-state index contributed by atoms with van der Waals surface area (Å²) in [5.41, 5.74) is 7.23. The van der Waals surface area contributed by atoms with Crippen LogP contribution in [0.3, 0.4) is 0 Å². The van der Waals surface area contributed by atoms with Crippen LogP contribution in [-0.4, -0.2) is 4.98 Å². The van der Waals surface area contributed by atoms with Gasteiger partial charge in [-0.2, -0.15) is 0 Å². The lowest BCUT2D eigenvalue weighted by Gasteiger charge is -2.17. The number of rotatable bonds is 4. The van der Waals surface area contributed by atoms with Crippen molar-refractivity contribution in [2.75, 3.05) is 0 Å². The Hall–Kier alpha value is -1.23. The molecule has 0 saturated heterocycles. The van der Waals surface area contributed by atoms with Crippen molar-refractivity contribution >= 4 is 11.3 Å². The molecule has 1 aromatic heterocycles. The minimum absolute atomic E-state index is 0.154. The number of benzene rings is 1. The maximum atomic E-state index is 5.62. The fraction of sp³-hybridized carbons (Fsp3) is 0.250. The van der Waals surface area contributed by atoms with Crippen molar-refractivity contribution in [3.63, 3.8) is 0 Å². The van der Waals surface area contributed by atoms with E-state index in [1.165, 1.54) is 16.0 Å². The van der Waals surface area contributed by atoms with Crippen molar-refractivity contribution in [1.29, 1.82) is 0 Å². The number of hydrazine groups is 1. The van der Waals surface area contributed by atoms with Crippen LogP contribution in [0.4, 0.5) is 0 Å². The molecule has 0 saturated carbocycles. The Kier molecular flexibility index (Phi) is 3.66. The van der Waals surface area contributed by atoms with Gasteiger partial charge in [0.2, 0.25) is 0 Å². The van der Waals surface area contributed by atoms with Crippen LogP contribution in [0.5, 0.6) is 0 Å². The summed E-state index contributed by atoms with van der Waals surface area (Å²) in [5, 5.41) is 0. The number of aromatic nitrogens is 1. The highest BCUT2D eigenvalue weighted by atomic mass is 32.1. The third-order valence-corrected chi connectivity index (χ3v) is 3.46. The van der Waals surface area contributed by atoms with Crippen LogP contribution in [0.25, 0.3) is 0 Å². The van der Waals surface area contributed by atoms with Crippen LogP contribution in [0.1, 0.15) is 22.0 Å². The van der Waals surface area contributed by atoms with Crippen LogP contribution < -0.4 is 11.3 Å². The molecule has 84 valence electrons. The second kappa shape index (κ2) is 5.21. The van der Waals surface area contributed by atoms with E-state index < -0.39 is 0 Å². The topological polar surface area (TPSA) is 50.9 Å². The first kappa shape index (κ1) is 11.3. The first-order valence-electron chi connectivity index (χ1n) is 5.20. The highest BCUT2D eigenvalue weighted by Gasteiger charge is 2.13. The predicted molar refractivity (Wildman–Crippen MR) is 67.1 cm³/mol. The summed E-state index contributed by atoms with van der Waals surface area (Å²) >= 11 is 1.66. The molecule has 16 heavy (non-hydrogen) atoms. The van der Waals surface area contributed by atoms with E-state index in [9.17, 15) is 0 Å². The van der Waals surface area contributed by atoms with Gasteiger partial charge in [-0.25, -0.2) is 0 Å². The van der Waals surface area contributed by atoms with Crippen molar-refractivity contribution in [2.45, 2.75) is 19.4 Å². The highest BCUT2D eigenvalue weighted by Crippen LogP contribution is 2.22. The maximum Gasteiger partial charge on any atom is 0.0794 e.